The van der Waals surface area contributed by atoms with Crippen LogP contribution in [0, 0.1) is 5.92 Å². The predicted octanol–water partition coefficient (Wildman–Crippen LogP) is 3.41. The third-order valence-corrected chi connectivity index (χ3v) is 4.94. The van der Waals surface area contributed by atoms with Gasteiger partial charge in [-0.05, 0) is 37.0 Å². The summed E-state index contributed by atoms with van der Waals surface area (Å²) in [6.07, 6.45) is 8.19. The number of hydrogen-bond donors (Lipinski definition) is 2. The number of amides is 1. The second kappa shape index (κ2) is 10.8. The minimum Gasteiger partial charge on any atom is -0.357 e. The first-order chi connectivity index (χ1) is 12.6. The Balaban J connectivity index is 1.84. The topological polar surface area (TPSA) is 56.7 Å². The van der Waals surface area contributed by atoms with Crippen molar-refractivity contribution in [2.45, 2.75) is 52.0 Å². The molecule has 1 aliphatic rings. The molecule has 0 aromatic heterocycles. The monoisotopic (exact) mass is 358 g/mol. The normalized spacial score (nSPS) is 15.6. The van der Waals surface area contributed by atoms with Crippen molar-refractivity contribution in [2.24, 2.45) is 10.9 Å². The van der Waals surface area contributed by atoms with Crippen LogP contribution in [0.3, 0.4) is 0 Å². The lowest BCUT2D eigenvalue weighted by Crippen LogP contribution is -2.38. The van der Waals surface area contributed by atoms with Crippen LogP contribution in [0.5, 0.6) is 0 Å². The molecule has 0 unspecified atom stereocenters. The quantitative estimate of drug-likeness (QED) is 0.580. The Hall–Kier alpha value is -2.04. The van der Waals surface area contributed by atoms with Crippen LogP contribution in [-0.4, -0.2) is 44.0 Å². The standard InChI is InChI=1S/C21H34N4O/c1-4-22-21(23-15-14-17-8-6-5-7-9-17)24-16-18-10-12-19(13-11-18)20(26)25(2)3/h10-13,17H,4-9,14-16H2,1-3H3,(H2,22,23,24). The molecule has 2 rings (SSSR count). The molecule has 1 fully saturated rings. The lowest BCUT2D eigenvalue weighted by Gasteiger charge is -2.22. The molecule has 1 saturated carbocycles. The average Bonchev–Trinajstić information content (AvgIpc) is 2.66. The van der Waals surface area contributed by atoms with Crippen LogP contribution in [0.4, 0.5) is 0 Å². The van der Waals surface area contributed by atoms with Crippen LogP contribution in [0.1, 0.15) is 61.4 Å². The van der Waals surface area contributed by atoms with Crippen LogP contribution >= 0.6 is 0 Å². The van der Waals surface area contributed by atoms with E-state index in [1.54, 1.807) is 19.0 Å². The number of carbonyl (C=O) groups excluding carboxylic acids is 1. The zero-order valence-corrected chi connectivity index (χ0v) is 16.6. The first-order valence-corrected chi connectivity index (χ1v) is 9.93. The maximum atomic E-state index is 11.9. The van der Waals surface area contributed by atoms with Gasteiger partial charge in [-0.1, -0.05) is 44.2 Å². The van der Waals surface area contributed by atoms with Gasteiger partial charge in [0.05, 0.1) is 6.54 Å². The molecule has 144 valence electrons. The van der Waals surface area contributed by atoms with Crippen LogP contribution in [-0.2, 0) is 6.54 Å². The summed E-state index contributed by atoms with van der Waals surface area (Å²) in [4.78, 5) is 18.2. The van der Waals surface area contributed by atoms with Gasteiger partial charge in [-0.25, -0.2) is 4.99 Å². The molecule has 1 aliphatic carbocycles. The van der Waals surface area contributed by atoms with E-state index in [9.17, 15) is 4.79 Å². The molecule has 0 radical (unpaired) electrons. The van der Waals surface area contributed by atoms with E-state index in [2.05, 4.69) is 22.5 Å². The predicted molar refractivity (Wildman–Crippen MR) is 108 cm³/mol. The second-order valence-electron chi connectivity index (χ2n) is 7.31. The zero-order chi connectivity index (χ0) is 18.8. The van der Waals surface area contributed by atoms with Crippen LogP contribution < -0.4 is 10.6 Å². The van der Waals surface area contributed by atoms with Gasteiger partial charge in [0.2, 0.25) is 0 Å². The van der Waals surface area contributed by atoms with Crippen molar-refractivity contribution < 1.29 is 4.79 Å². The van der Waals surface area contributed by atoms with E-state index in [1.807, 2.05) is 24.3 Å². The third-order valence-electron chi connectivity index (χ3n) is 4.94. The number of rotatable bonds is 7. The van der Waals surface area contributed by atoms with Gasteiger partial charge in [0.25, 0.3) is 5.91 Å². The molecule has 5 heteroatoms. The molecule has 0 heterocycles. The van der Waals surface area contributed by atoms with E-state index in [0.717, 1.165) is 30.5 Å². The number of benzene rings is 1. The van der Waals surface area contributed by atoms with Crippen LogP contribution in [0.25, 0.3) is 0 Å². The molecule has 1 amide bonds. The van der Waals surface area contributed by atoms with Crippen LogP contribution in [0.2, 0.25) is 0 Å². The molecule has 0 aliphatic heterocycles. The number of nitrogens with one attached hydrogen (secondary N) is 2. The fourth-order valence-corrected chi connectivity index (χ4v) is 3.39. The second-order valence-corrected chi connectivity index (χ2v) is 7.31. The Morgan fingerprint density at radius 1 is 1.12 bits per heavy atom. The summed E-state index contributed by atoms with van der Waals surface area (Å²) in [5.74, 6) is 1.77. The van der Waals surface area contributed by atoms with Crippen molar-refractivity contribution in [2.75, 3.05) is 27.2 Å². The summed E-state index contributed by atoms with van der Waals surface area (Å²) in [6.45, 7) is 4.52. The first kappa shape index (κ1) is 20.3. The molecular formula is C21H34N4O. The van der Waals surface area contributed by atoms with Crippen molar-refractivity contribution in [3.8, 4) is 0 Å². The van der Waals surface area contributed by atoms with Crippen molar-refractivity contribution in [1.82, 2.24) is 15.5 Å². The Kier molecular flexibility index (Phi) is 8.45. The fraction of sp³-hybridized carbons (Fsp3) is 0.619. The fourth-order valence-electron chi connectivity index (χ4n) is 3.39. The molecular weight excluding hydrogens is 324 g/mol. The molecule has 0 spiro atoms. The largest absolute Gasteiger partial charge is 0.357 e. The van der Waals surface area contributed by atoms with E-state index < -0.39 is 0 Å². The lowest BCUT2D eigenvalue weighted by molar-refractivity contribution is 0.0827. The Labute approximate surface area is 158 Å². The SMILES string of the molecule is CCNC(=NCc1ccc(C(=O)N(C)C)cc1)NCCC1CCCCC1. The molecule has 0 atom stereocenters. The van der Waals surface area contributed by atoms with Crippen LogP contribution in [0.15, 0.2) is 29.3 Å². The van der Waals surface area contributed by atoms with Crippen molar-refractivity contribution >= 4 is 11.9 Å². The number of guanidine groups is 1. The number of carbonyl (C=O) groups is 1. The minimum absolute atomic E-state index is 0.0257. The molecule has 2 N–H and O–H groups in total. The van der Waals surface area contributed by atoms with Gasteiger partial charge in [0.15, 0.2) is 5.96 Å². The summed E-state index contributed by atoms with van der Waals surface area (Å²) >= 11 is 0. The van der Waals surface area contributed by atoms with E-state index in [4.69, 9.17) is 0 Å². The van der Waals surface area contributed by atoms with Crippen molar-refractivity contribution in [1.29, 1.82) is 0 Å². The van der Waals surface area contributed by atoms with E-state index >= 15 is 0 Å². The molecule has 0 bridgehead atoms. The summed E-state index contributed by atoms with van der Waals surface area (Å²) in [5, 5.41) is 6.77. The highest BCUT2D eigenvalue weighted by Crippen LogP contribution is 2.25. The summed E-state index contributed by atoms with van der Waals surface area (Å²) in [5.41, 5.74) is 1.81. The van der Waals surface area contributed by atoms with Gasteiger partial charge in [0, 0.05) is 32.7 Å². The van der Waals surface area contributed by atoms with Gasteiger partial charge < -0.3 is 15.5 Å². The Morgan fingerprint density at radius 3 is 2.42 bits per heavy atom. The van der Waals surface area contributed by atoms with Gasteiger partial charge in [-0.3, -0.25) is 4.79 Å². The third kappa shape index (κ3) is 6.70. The maximum Gasteiger partial charge on any atom is 0.253 e. The number of hydrogen-bond acceptors (Lipinski definition) is 2. The summed E-state index contributed by atoms with van der Waals surface area (Å²) in [7, 11) is 3.53. The maximum absolute atomic E-state index is 11.9. The number of aliphatic imine (C=N–C) groups is 1. The Morgan fingerprint density at radius 2 is 1.81 bits per heavy atom. The average molecular weight is 359 g/mol. The minimum atomic E-state index is 0.0257. The highest BCUT2D eigenvalue weighted by Gasteiger charge is 2.13. The summed E-state index contributed by atoms with van der Waals surface area (Å²) in [6, 6.07) is 7.70. The highest BCUT2D eigenvalue weighted by molar-refractivity contribution is 5.93. The molecule has 5 nitrogen and oxygen atoms in total. The molecule has 0 saturated heterocycles. The first-order valence-electron chi connectivity index (χ1n) is 9.93. The molecule has 1 aromatic rings. The Bertz CT molecular complexity index is 574. The van der Waals surface area contributed by atoms with E-state index in [-0.39, 0.29) is 5.91 Å². The van der Waals surface area contributed by atoms with Gasteiger partial charge >= 0.3 is 0 Å². The van der Waals surface area contributed by atoms with E-state index in [1.165, 1.54) is 38.5 Å². The smallest absolute Gasteiger partial charge is 0.253 e. The van der Waals surface area contributed by atoms with Gasteiger partial charge in [-0.15, -0.1) is 0 Å². The zero-order valence-electron chi connectivity index (χ0n) is 16.6. The molecule has 26 heavy (non-hydrogen) atoms. The number of nitrogens with zero attached hydrogens (tertiary/aromatic N) is 2. The lowest BCUT2D eigenvalue weighted by atomic mass is 9.87. The molecule has 1 aromatic carbocycles. The van der Waals surface area contributed by atoms with Gasteiger partial charge in [-0.2, -0.15) is 0 Å². The van der Waals surface area contributed by atoms with E-state index in [0.29, 0.717) is 12.1 Å². The summed E-state index contributed by atoms with van der Waals surface area (Å²) < 4.78 is 0. The van der Waals surface area contributed by atoms with Crippen molar-refractivity contribution in [3.63, 3.8) is 0 Å². The highest BCUT2D eigenvalue weighted by atomic mass is 16.2. The van der Waals surface area contributed by atoms with Crippen molar-refractivity contribution in [3.05, 3.63) is 35.4 Å². The van der Waals surface area contributed by atoms with Gasteiger partial charge in [0.1, 0.15) is 0 Å².